The van der Waals surface area contributed by atoms with Gasteiger partial charge in [-0.2, -0.15) is 0 Å². The summed E-state index contributed by atoms with van der Waals surface area (Å²) in [6, 6.07) is 16.0. The van der Waals surface area contributed by atoms with Gasteiger partial charge in [-0.25, -0.2) is 4.79 Å². The number of methoxy groups -OCH3 is 1. The van der Waals surface area contributed by atoms with E-state index in [4.69, 9.17) is 4.74 Å². The Hall–Kier alpha value is -2.82. The molecule has 2 aromatic carbocycles. The molecule has 0 aromatic heterocycles. The van der Waals surface area contributed by atoms with Crippen LogP contribution in [0.25, 0.3) is 0 Å². The smallest absolute Gasteiger partial charge is 0.326 e. The molecule has 2 atom stereocenters. The van der Waals surface area contributed by atoms with Crippen LogP contribution in [0, 0.1) is 0 Å². The van der Waals surface area contributed by atoms with Crippen LogP contribution in [0.2, 0.25) is 0 Å². The van der Waals surface area contributed by atoms with Gasteiger partial charge < -0.3 is 14.7 Å². The molecule has 0 radical (unpaired) electrons. The standard InChI is InChI=1S/C21H25NO4/c1-15(17-11-7-8-12-19(17)26-3)13-20(23)22(2)18(21(24)25)14-16-9-5-4-6-10-16/h4-12,15,18H,13-14H2,1-3H3,(H,24,25). The van der Waals surface area contributed by atoms with Gasteiger partial charge in [0.05, 0.1) is 7.11 Å². The minimum atomic E-state index is -1.00. The zero-order valence-electron chi connectivity index (χ0n) is 15.4. The van der Waals surface area contributed by atoms with Gasteiger partial charge in [-0.3, -0.25) is 4.79 Å². The minimum Gasteiger partial charge on any atom is -0.496 e. The van der Waals surface area contributed by atoms with Crippen molar-refractivity contribution in [3.63, 3.8) is 0 Å². The largest absolute Gasteiger partial charge is 0.496 e. The van der Waals surface area contributed by atoms with Crippen LogP contribution < -0.4 is 4.74 Å². The highest BCUT2D eigenvalue weighted by Gasteiger charge is 2.28. The summed E-state index contributed by atoms with van der Waals surface area (Å²) in [5, 5.41) is 9.57. The Morgan fingerprint density at radius 1 is 1.08 bits per heavy atom. The molecule has 0 saturated carbocycles. The maximum atomic E-state index is 12.7. The monoisotopic (exact) mass is 355 g/mol. The molecule has 0 spiro atoms. The molecule has 0 aliphatic carbocycles. The molecule has 1 amide bonds. The first-order valence-corrected chi connectivity index (χ1v) is 8.59. The zero-order chi connectivity index (χ0) is 19.1. The molecule has 5 heteroatoms. The number of benzene rings is 2. The fourth-order valence-electron chi connectivity index (χ4n) is 2.99. The van der Waals surface area contributed by atoms with Crippen LogP contribution in [0.1, 0.15) is 30.4 Å². The molecule has 2 aromatic rings. The maximum absolute atomic E-state index is 12.7. The fraction of sp³-hybridized carbons (Fsp3) is 0.333. The van der Waals surface area contributed by atoms with Crippen molar-refractivity contribution in [2.45, 2.75) is 31.7 Å². The van der Waals surface area contributed by atoms with Gasteiger partial charge in [0.15, 0.2) is 0 Å². The highest BCUT2D eigenvalue weighted by molar-refractivity contribution is 5.84. The third-order valence-corrected chi connectivity index (χ3v) is 4.57. The van der Waals surface area contributed by atoms with E-state index in [0.29, 0.717) is 0 Å². The highest BCUT2D eigenvalue weighted by atomic mass is 16.5. The number of carboxylic acid groups (broad SMARTS) is 1. The van der Waals surface area contributed by atoms with E-state index in [1.165, 1.54) is 4.90 Å². The Labute approximate surface area is 154 Å². The van der Waals surface area contributed by atoms with Gasteiger partial charge in [0.2, 0.25) is 5.91 Å². The van der Waals surface area contributed by atoms with E-state index in [1.807, 2.05) is 61.5 Å². The van der Waals surface area contributed by atoms with Crippen molar-refractivity contribution in [1.82, 2.24) is 4.90 Å². The van der Waals surface area contributed by atoms with Gasteiger partial charge in [0, 0.05) is 19.9 Å². The Bertz CT molecular complexity index is 745. The number of ether oxygens (including phenoxy) is 1. The van der Waals surface area contributed by atoms with Gasteiger partial charge in [0.25, 0.3) is 0 Å². The number of likely N-dealkylation sites (N-methyl/N-ethyl adjacent to an activating group) is 1. The molecule has 0 bridgehead atoms. The number of carboxylic acids is 1. The van der Waals surface area contributed by atoms with Crippen LogP contribution in [-0.4, -0.2) is 42.1 Å². The molecule has 138 valence electrons. The second-order valence-electron chi connectivity index (χ2n) is 6.40. The molecule has 5 nitrogen and oxygen atoms in total. The third-order valence-electron chi connectivity index (χ3n) is 4.57. The zero-order valence-corrected chi connectivity index (χ0v) is 15.4. The first-order chi connectivity index (χ1) is 12.4. The quantitative estimate of drug-likeness (QED) is 0.789. The van der Waals surface area contributed by atoms with Gasteiger partial charge in [0.1, 0.15) is 11.8 Å². The predicted octanol–water partition coefficient (Wildman–Crippen LogP) is 3.34. The van der Waals surface area contributed by atoms with E-state index in [0.717, 1.165) is 16.9 Å². The Morgan fingerprint density at radius 3 is 2.31 bits per heavy atom. The normalized spacial score (nSPS) is 12.9. The van der Waals surface area contributed by atoms with Crippen LogP contribution in [0.3, 0.4) is 0 Å². The van der Waals surface area contributed by atoms with Crippen molar-refractivity contribution in [3.8, 4) is 5.75 Å². The molecule has 2 rings (SSSR count). The van der Waals surface area contributed by atoms with E-state index < -0.39 is 12.0 Å². The summed E-state index contributed by atoms with van der Waals surface area (Å²) in [7, 11) is 3.15. The summed E-state index contributed by atoms with van der Waals surface area (Å²) >= 11 is 0. The lowest BCUT2D eigenvalue weighted by Crippen LogP contribution is -2.44. The van der Waals surface area contributed by atoms with Crippen LogP contribution in [-0.2, 0) is 16.0 Å². The SMILES string of the molecule is COc1ccccc1C(C)CC(=O)N(C)C(Cc1ccccc1)C(=O)O. The number of carbonyl (C=O) groups is 2. The summed E-state index contributed by atoms with van der Waals surface area (Å²) in [4.78, 5) is 25.7. The molecular weight excluding hydrogens is 330 g/mol. The van der Waals surface area contributed by atoms with Crippen molar-refractivity contribution in [2.75, 3.05) is 14.2 Å². The van der Waals surface area contributed by atoms with Crippen molar-refractivity contribution >= 4 is 11.9 Å². The highest BCUT2D eigenvalue weighted by Crippen LogP contribution is 2.29. The number of nitrogens with zero attached hydrogens (tertiary/aromatic N) is 1. The molecule has 0 aliphatic rings. The summed E-state index contributed by atoms with van der Waals surface area (Å²) in [5.74, 6) is -0.553. The first-order valence-electron chi connectivity index (χ1n) is 8.59. The Kier molecular flexibility index (Phi) is 6.78. The third kappa shape index (κ3) is 4.85. The van der Waals surface area contributed by atoms with Crippen LogP contribution >= 0.6 is 0 Å². The number of rotatable bonds is 8. The van der Waals surface area contributed by atoms with Crippen LogP contribution in [0.5, 0.6) is 5.75 Å². The summed E-state index contributed by atoms with van der Waals surface area (Å²) in [6.45, 7) is 1.94. The number of aliphatic carboxylic acids is 1. The van der Waals surface area contributed by atoms with Crippen molar-refractivity contribution in [3.05, 3.63) is 65.7 Å². The first kappa shape index (κ1) is 19.5. The van der Waals surface area contributed by atoms with Crippen molar-refractivity contribution in [2.24, 2.45) is 0 Å². The average Bonchev–Trinajstić information content (AvgIpc) is 2.66. The van der Waals surface area contributed by atoms with Gasteiger partial charge in [-0.05, 0) is 23.1 Å². The molecule has 1 N–H and O–H groups in total. The molecule has 26 heavy (non-hydrogen) atoms. The van der Waals surface area contributed by atoms with Crippen molar-refractivity contribution in [1.29, 1.82) is 0 Å². The molecular formula is C21H25NO4. The summed E-state index contributed by atoms with van der Waals surface area (Å²) in [5.41, 5.74) is 1.82. The topological polar surface area (TPSA) is 66.8 Å². The lowest BCUT2D eigenvalue weighted by Gasteiger charge is -2.26. The number of hydrogen-bond acceptors (Lipinski definition) is 3. The summed E-state index contributed by atoms with van der Waals surface area (Å²) < 4.78 is 5.35. The van der Waals surface area contributed by atoms with E-state index in [-0.39, 0.29) is 24.7 Å². The predicted molar refractivity (Wildman–Crippen MR) is 100 cm³/mol. The fourth-order valence-corrected chi connectivity index (χ4v) is 2.99. The number of carbonyl (C=O) groups excluding carboxylic acids is 1. The van der Waals surface area contributed by atoms with Crippen LogP contribution in [0.15, 0.2) is 54.6 Å². The van der Waals surface area contributed by atoms with Gasteiger partial charge >= 0.3 is 5.97 Å². The van der Waals surface area contributed by atoms with E-state index in [9.17, 15) is 14.7 Å². The van der Waals surface area contributed by atoms with Gasteiger partial charge in [-0.1, -0.05) is 55.5 Å². The molecule has 0 heterocycles. The van der Waals surface area contributed by atoms with E-state index in [1.54, 1.807) is 14.2 Å². The van der Waals surface area contributed by atoms with Crippen LogP contribution in [0.4, 0.5) is 0 Å². The van der Waals surface area contributed by atoms with Gasteiger partial charge in [-0.15, -0.1) is 0 Å². The molecule has 0 saturated heterocycles. The summed E-state index contributed by atoms with van der Waals surface area (Å²) in [6.07, 6.45) is 0.497. The Balaban J connectivity index is 2.09. The minimum absolute atomic E-state index is 0.0766. The number of hydrogen-bond donors (Lipinski definition) is 1. The average molecular weight is 355 g/mol. The molecule has 0 fully saturated rings. The molecule has 2 unspecified atom stereocenters. The molecule has 0 aliphatic heterocycles. The van der Waals surface area contributed by atoms with E-state index in [2.05, 4.69) is 0 Å². The van der Waals surface area contributed by atoms with E-state index >= 15 is 0 Å². The number of amides is 1. The lowest BCUT2D eigenvalue weighted by molar-refractivity contribution is -0.149. The lowest BCUT2D eigenvalue weighted by atomic mass is 9.95. The second kappa shape index (κ2) is 9.04. The second-order valence-corrected chi connectivity index (χ2v) is 6.40. The maximum Gasteiger partial charge on any atom is 0.326 e. The Morgan fingerprint density at radius 2 is 1.69 bits per heavy atom. The van der Waals surface area contributed by atoms with Crippen molar-refractivity contribution < 1.29 is 19.4 Å². The number of para-hydroxylation sites is 1.